The Morgan fingerprint density at radius 3 is 2.32 bits per heavy atom. The summed E-state index contributed by atoms with van der Waals surface area (Å²) < 4.78 is 4.92. The third-order valence-electron chi connectivity index (χ3n) is 3.86. The lowest BCUT2D eigenvalue weighted by Gasteiger charge is -2.34. The quantitative estimate of drug-likeness (QED) is 0.468. The van der Waals surface area contributed by atoms with Crippen LogP contribution in [-0.2, 0) is 9.53 Å². The van der Waals surface area contributed by atoms with Gasteiger partial charge in [-0.25, -0.2) is 0 Å². The van der Waals surface area contributed by atoms with Gasteiger partial charge in [-0.1, -0.05) is 67.7 Å². The lowest BCUT2D eigenvalue weighted by Crippen LogP contribution is -2.48. The van der Waals surface area contributed by atoms with Crippen LogP contribution in [0.1, 0.15) is 13.8 Å². The van der Waals surface area contributed by atoms with Crippen LogP contribution in [0.4, 0.5) is 0 Å². The van der Waals surface area contributed by atoms with Crippen LogP contribution in [0, 0.1) is 5.92 Å². The second kappa shape index (κ2) is 6.71. The van der Waals surface area contributed by atoms with Crippen molar-refractivity contribution in [1.82, 2.24) is 0 Å². The second-order valence-corrected chi connectivity index (χ2v) is 10.1. The molecule has 0 unspecified atom stereocenters. The van der Waals surface area contributed by atoms with Crippen LogP contribution < -0.4 is 5.19 Å². The van der Waals surface area contributed by atoms with Crippen molar-refractivity contribution in [2.24, 2.45) is 5.92 Å². The Bertz CT molecular complexity index is 437. The molecule has 0 saturated heterocycles. The molecule has 1 aromatic carbocycles. The highest BCUT2D eigenvalue weighted by atomic mass is 28.3. The molecule has 0 fully saturated rings. The number of allylic oxidation sites excluding steroid dienone is 2. The van der Waals surface area contributed by atoms with Crippen LogP contribution in [0.5, 0.6) is 0 Å². The van der Waals surface area contributed by atoms with E-state index in [0.717, 1.165) is 0 Å². The highest BCUT2D eigenvalue weighted by molar-refractivity contribution is 6.91. The molecule has 0 heterocycles. The molecular weight excluding hydrogens is 252 g/mol. The fourth-order valence-corrected chi connectivity index (χ4v) is 6.13. The Morgan fingerprint density at radius 2 is 1.84 bits per heavy atom. The topological polar surface area (TPSA) is 26.3 Å². The van der Waals surface area contributed by atoms with E-state index in [1.54, 1.807) is 0 Å². The number of methoxy groups -OCH3 is 1. The van der Waals surface area contributed by atoms with Crippen molar-refractivity contribution in [3.63, 3.8) is 0 Å². The molecule has 3 heteroatoms. The number of benzene rings is 1. The van der Waals surface area contributed by atoms with Crippen molar-refractivity contribution in [2.75, 3.05) is 7.11 Å². The van der Waals surface area contributed by atoms with Gasteiger partial charge < -0.3 is 4.74 Å². The normalized spacial score (nSPS) is 15.2. The maximum absolute atomic E-state index is 11.9. The molecule has 0 N–H and O–H groups in total. The first kappa shape index (κ1) is 15.7. The molecule has 0 aliphatic rings. The number of carbonyl (C=O) groups excluding carboxylic acids is 1. The summed E-state index contributed by atoms with van der Waals surface area (Å²) in [6, 6.07) is 10.5. The first-order valence-corrected chi connectivity index (χ1v) is 9.79. The van der Waals surface area contributed by atoms with E-state index in [1.165, 1.54) is 12.3 Å². The van der Waals surface area contributed by atoms with Crippen LogP contribution in [0.3, 0.4) is 0 Å². The van der Waals surface area contributed by atoms with Crippen molar-refractivity contribution in [2.45, 2.75) is 32.5 Å². The van der Waals surface area contributed by atoms with Crippen molar-refractivity contribution in [3.8, 4) is 0 Å². The molecule has 1 rings (SSSR count). The Kier molecular flexibility index (Phi) is 5.55. The number of hydrogen-bond donors (Lipinski definition) is 0. The predicted molar refractivity (Wildman–Crippen MR) is 83.3 cm³/mol. The predicted octanol–water partition coefficient (Wildman–Crippen LogP) is 3.36. The average molecular weight is 276 g/mol. The number of esters is 1. The summed E-state index contributed by atoms with van der Waals surface area (Å²) in [6.07, 6.45) is 4.21. The van der Waals surface area contributed by atoms with Crippen molar-refractivity contribution < 1.29 is 9.53 Å². The molecule has 0 bridgehead atoms. The zero-order valence-electron chi connectivity index (χ0n) is 12.5. The summed E-state index contributed by atoms with van der Waals surface area (Å²) in [6.45, 7) is 8.60. The zero-order chi connectivity index (χ0) is 14.5. The minimum Gasteiger partial charge on any atom is -0.469 e. The van der Waals surface area contributed by atoms with Gasteiger partial charge in [-0.2, -0.15) is 0 Å². The van der Waals surface area contributed by atoms with E-state index in [0.29, 0.717) is 0 Å². The van der Waals surface area contributed by atoms with Crippen molar-refractivity contribution in [3.05, 3.63) is 42.5 Å². The lowest BCUT2D eigenvalue weighted by atomic mass is 10.1. The van der Waals surface area contributed by atoms with Gasteiger partial charge in [0.15, 0.2) is 0 Å². The lowest BCUT2D eigenvalue weighted by molar-refractivity contribution is -0.144. The van der Waals surface area contributed by atoms with Crippen LogP contribution in [0.15, 0.2) is 42.5 Å². The summed E-state index contributed by atoms with van der Waals surface area (Å²) in [5.41, 5.74) is 0.243. The van der Waals surface area contributed by atoms with Gasteiger partial charge in [-0.05, 0) is 12.5 Å². The number of ether oxygens (including phenoxy) is 1. The summed E-state index contributed by atoms with van der Waals surface area (Å²) in [7, 11) is -0.299. The average Bonchev–Trinajstić information content (AvgIpc) is 2.43. The molecule has 0 aliphatic heterocycles. The van der Waals surface area contributed by atoms with E-state index in [2.05, 4.69) is 43.4 Å². The van der Waals surface area contributed by atoms with Crippen LogP contribution in [0.25, 0.3) is 0 Å². The van der Waals surface area contributed by atoms with Gasteiger partial charge in [0.1, 0.15) is 0 Å². The van der Waals surface area contributed by atoms with Crippen LogP contribution in [0.2, 0.25) is 18.6 Å². The zero-order valence-corrected chi connectivity index (χ0v) is 13.5. The summed E-state index contributed by atoms with van der Waals surface area (Å²) in [5.74, 6) is -0.234. The maximum atomic E-state index is 11.9. The Hall–Kier alpha value is -1.35. The van der Waals surface area contributed by atoms with E-state index in [-0.39, 0.29) is 17.4 Å². The van der Waals surface area contributed by atoms with Crippen LogP contribution >= 0.6 is 0 Å². The smallest absolute Gasteiger partial charge is 0.308 e. The fraction of sp³-hybridized carbons (Fsp3) is 0.438. The van der Waals surface area contributed by atoms with E-state index >= 15 is 0 Å². The van der Waals surface area contributed by atoms with E-state index < -0.39 is 8.07 Å². The molecule has 0 spiro atoms. The molecule has 104 valence electrons. The summed E-state index contributed by atoms with van der Waals surface area (Å²) in [4.78, 5) is 11.9. The van der Waals surface area contributed by atoms with Gasteiger partial charge in [-0.15, -0.1) is 0 Å². The van der Waals surface area contributed by atoms with E-state index in [1.807, 2.05) is 26.0 Å². The maximum Gasteiger partial charge on any atom is 0.308 e. The van der Waals surface area contributed by atoms with Crippen molar-refractivity contribution >= 4 is 19.2 Å². The monoisotopic (exact) mass is 276 g/mol. The molecule has 2 atom stereocenters. The summed E-state index contributed by atoms with van der Waals surface area (Å²) >= 11 is 0. The van der Waals surface area contributed by atoms with Gasteiger partial charge in [-0.3, -0.25) is 4.79 Å². The molecule has 0 aromatic heterocycles. The Morgan fingerprint density at radius 1 is 1.26 bits per heavy atom. The third kappa shape index (κ3) is 3.57. The first-order valence-electron chi connectivity index (χ1n) is 6.71. The molecular formula is C16H24O2Si. The standard InChI is InChI=1S/C16H24O2Si/c1-6-10-15(13(2)16(17)18-3)19(4,5)14-11-8-7-9-12-14/h6-13,15H,1-5H3/b10-6+/t13-,15-/m1/s1. The highest BCUT2D eigenvalue weighted by Crippen LogP contribution is 2.32. The highest BCUT2D eigenvalue weighted by Gasteiger charge is 2.38. The number of rotatable bonds is 5. The van der Waals surface area contributed by atoms with E-state index in [4.69, 9.17) is 4.74 Å². The van der Waals surface area contributed by atoms with Crippen LogP contribution in [-0.4, -0.2) is 21.2 Å². The largest absolute Gasteiger partial charge is 0.469 e. The van der Waals surface area contributed by atoms with Gasteiger partial charge in [0.05, 0.1) is 21.1 Å². The number of hydrogen-bond acceptors (Lipinski definition) is 2. The van der Waals surface area contributed by atoms with E-state index in [9.17, 15) is 4.79 Å². The second-order valence-electron chi connectivity index (χ2n) is 5.45. The van der Waals surface area contributed by atoms with Crippen molar-refractivity contribution in [1.29, 1.82) is 0 Å². The fourth-order valence-electron chi connectivity index (χ4n) is 2.63. The minimum absolute atomic E-state index is 0.108. The number of carbonyl (C=O) groups is 1. The first-order chi connectivity index (χ1) is 8.95. The molecule has 0 aliphatic carbocycles. The molecule has 0 saturated carbocycles. The van der Waals surface area contributed by atoms with Gasteiger partial charge in [0.2, 0.25) is 0 Å². The van der Waals surface area contributed by atoms with Gasteiger partial charge in [0.25, 0.3) is 0 Å². The molecule has 19 heavy (non-hydrogen) atoms. The molecule has 1 aromatic rings. The minimum atomic E-state index is -1.76. The summed E-state index contributed by atoms with van der Waals surface area (Å²) in [5, 5.41) is 1.37. The SMILES string of the molecule is C/C=C/[C@H]([C@@H](C)C(=O)OC)[Si](C)(C)c1ccccc1. The Balaban J connectivity index is 3.14. The van der Waals surface area contributed by atoms with Gasteiger partial charge in [0, 0.05) is 0 Å². The third-order valence-corrected chi connectivity index (χ3v) is 8.04. The Labute approximate surface area is 117 Å². The molecule has 0 radical (unpaired) electrons. The van der Waals surface area contributed by atoms with Gasteiger partial charge >= 0.3 is 5.97 Å². The molecule has 2 nitrogen and oxygen atoms in total. The molecule has 0 amide bonds.